The van der Waals surface area contributed by atoms with E-state index in [2.05, 4.69) is 64.1 Å². The molecule has 0 saturated carbocycles. The van der Waals surface area contributed by atoms with E-state index in [1.165, 1.54) is 44.5 Å². The number of hydrogen-bond donors (Lipinski definition) is 0. The molecule has 0 heterocycles. The minimum Gasteiger partial charge on any atom is -0.0683 e. The zero-order valence-corrected chi connectivity index (χ0v) is 12.2. The number of allylic oxidation sites excluding steroid dienone is 1. The summed E-state index contributed by atoms with van der Waals surface area (Å²) in [6.45, 7) is 8.81. The highest BCUT2D eigenvalue weighted by Gasteiger charge is 2.17. The fourth-order valence-corrected chi connectivity index (χ4v) is 3.14. The summed E-state index contributed by atoms with van der Waals surface area (Å²) < 4.78 is 0. The predicted molar refractivity (Wildman–Crippen MR) is 83.4 cm³/mol. The van der Waals surface area contributed by atoms with Crippen LogP contribution < -0.4 is 0 Å². The molecule has 0 fully saturated rings. The molecule has 0 spiro atoms. The Morgan fingerprint density at radius 1 is 0.842 bits per heavy atom. The highest BCUT2D eigenvalue weighted by molar-refractivity contribution is 5.84. The van der Waals surface area contributed by atoms with Gasteiger partial charge in [0.2, 0.25) is 0 Å². The van der Waals surface area contributed by atoms with Crippen molar-refractivity contribution in [3.05, 3.63) is 63.7 Å². The molecule has 0 N–H and O–H groups in total. The van der Waals surface area contributed by atoms with Crippen LogP contribution >= 0.6 is 0 Å². The maximum atomic E-state index is 2.36. The fourth-order valence-electron chi connectivity index (χ4n) is 3.14. The quantitative estimate of drug-likeness (QED) is 0.647. The van der Waals surface area contributed by atoms with Gasteiger partial charge in [-0.2, -0.15) is 0 Å². The molecule has 2 aromatic rings. The first-order chi connectivity index (χ1) is 9.06. The molecular formula is C19H20. The Hall–Kier alpha value is -1.82. The molecule has 0 radical (unpaired) electrons. The van der Waals surface area contributed by atoms with E-state index in [4.69, 9.17) is 0 Å². The van der Waals surface area contributed by atoms with Crippen molar-refractivity contribution in [3.8, 4) is 11.1 Å². The van der Waals surface area contributed by atoms with Gasteiger partial charge >= 0.3 is 0 Å². The first kappa shape index (κ1) is 12.2. The average molecular weight is 248 g/mol. The van der Waals surface area contributed by atoms with Gasteiger partial charge in [0.25, 0.3) is 0 Å². The SMILES string of the molecule is CC1=Cc2c(ccc(C)c2-c2ccc(C)cc2C)C1. The topological polar surface area (TPSA) is 0 Å². The molecule has 0 saturated heterocycles. The van der Waals surface area contributed by atoms with Gasteiger partial charge in [0, 0.05) is 0 Å². The molecule has 3 rings (SSSR count). The summed E-state index contributed by atoms with van der Waals surface area (Å²) in [5.41, 5.74) is 11.2. The summed E-state index contributed by atoms with van der Waals surface area (Å²) in [4.78, 5) is 0. The molecule has 2 aromatic carbocycles. The molecule has 0 amide bonds. The van der Waals surface area contributed by atoms with Gasteiger partial charge in [-0.1, -0.05) is 47.5 Å². The molecule has 0 nitrogen and oxygen atoms in total. The van der Waals surface area contributed by atoms with E-state index in [1.807, 2.05) is 0 Å². The van der Waals surface area contributed by atoms with E-state index in [0.717, 1.165) is 6.42 Å². The van der Waals surface area contributed by atoms with Crippen LogP contribution in [0.25, 0.3) is 17.2 Å². The third kappa shape index (κ3) is 2.02. The van der Waals surface area contributed by atoms with Crippen LogP contribution in [0.4, 0.5) is 0 Å². The maximum absolute atomic E-state index is 2.36. The third-order valence-electron chi connectivity index (χ3n) is 4.06. The minimum atomic E-state index is 1.10. The molecule has 0 unspecified atom stereocenters. The number of aryl methyl sites for hydroxylation is 3. The lowest BCUT2D eigenvalue weighted by molar-refractivity contribution is 1.19. The van der Waals surface area contributed by atoms with E-state index in [9.17, 15) is 0 Å². The molecule has 0 heteroatoms. The van der Waals surface area contributed by atoms with Gasteiger partial charge in [-0.05, 0) is 67.5 Å². The van der Waals surface area contributed by atoms with Gasteiger partial charge in [0.15, 0.2) is 0 Å². The van der Waals surface area contributed by atoms with E-state index >= 15 is 0 Å². The van der Waals surface area contributed by atoms with Crippen LogP contribution in [0.15, 0.2) is 35.9 Å². The van der Waals surface area contributed by atoms with Crippen molar-refractivity contribution >= 4 is 6.08 Å². The predicted octanol–water partition coefficient (Wildman–Crippen LogP) is 5.24. The summed E-state index contributed by atoms with van der Waals surface area (Å²) >= 11 is 0. The van der Waals surface area contributed by atoms with Gasteiger partial charge < -0.3 is 0 Å². The number of benzene rings is 2. The Bertz CT molecular complexity index is 687. The van der Waals surface area contributed by atoms with Crippen molar-refractivity contribution in [1.82, 2.24) is 0 Å². The van der Waals surface area contributed by atoms with Gasteiger partial charge in [-0.25, -0.2) is 0 Å². The molecule has 1 aliphatic carbocycles. The van der Waals surface area contributed by atoms with E-state index in [-0.39, 0.29) is 0 Å². The third-order valence-corrected chi connectivity index (χ3v) is 4.06. The van der Waals surface area contributed by atoms with Crippen LogP contribution in [0.3, 0.4) is 0 Å². The van der Waals surface area contributed by atoms with Gasteiger partial charge in [-0.3, -0.25) is 0 Å². The van der Waals surface area contributed by atoms with Crippen LogP contribution in [0, 0.1) is 20.8 Å². The number of fused-ring (bicyclic) bond motifs is 1. The second-order valence-corrected chi connectivity index (χ2v) is 5.82. The molecule has 96 valence electrons. The molecule has 0 aliphatic heterocycles. The van der Waals surface area contributed by atoms with Crippen molar-refractivity contribution in [2.45, 2.75) is 34.1 Å². The van der Waals surface area contributed by atoms with Gasteiger partial charge in [0.1, 0.15) is 0 Å². The van der Waals surface area contributed by atoms with E-state index in [1.54, 1.807) is 0 Å². The zero-order valence-electron chi connectivity index (χ0n) is 12.2. The van der Waals surface area contributed by atoms with Gasteiger partial charge in [-0.15, -0.1) is 0 Å². The summed E-state index contributed by atoms with van der Waals surface area (Å²) in [6, 6.07) is 11.3. The second-order valence-electron chi connectivity index (χ2n) is 5.82. The zero-order chi connectivity index (χ0) is 13.6. The van der Waals surface area contributed by atoms with Crippen molar-refractivity contribution in [3.63, 3.8) is 0 Å². The van der Waals surface area contributed by atoms with Crippen LogP contribution in [0.5, 0.6) is 0 Å². The molecule has 1 aliphatic rings. The molecule has 0 aromatic heterocycles. The summed E-state index contributed by atoms with van der Waals surface area (Å²) in [6.07, 6.45) is 3.46. The average Bonchev–Trinajstić information content (AvgIpc) is 2.71. The monoisotopic (exact) mass is 248 g/mol. The Morgan fingerprint density at radius 2 is 1.63 bits per heavy atom. The lowest BCUT2D eigenvalue weighted by Gasteiger charge is -2.14. The van der Waals surface area contributed by atoms with Crippen LogP contribution in [-0.2, 0) is 6.42 Å². The minimum absolute atomic E-state index is 1.10. The van der Waals surface area contributed by atoms with Crippen molar-refractivity contribution in [2.24, 2.45) is 0 Å². The van der Waals surface area contributed by atoms with Crippen LogP contribution in [0.1, 0.15) is 34.7 Å². The maximum Gasteiger partial charge on any atom is -0.00604 e. The number of hydrogen-bond acceptors (Lipinski definition) is 0. The molecule has 0 atom stereocenters. The van der Waals surface area contributed by atoms with Crippen LogP contribution in [-0.4, -0.2) is 0 Å². The second kappa shape index (κ2) is 4.38. The summed E-state index contributed by atoms with van der Waals surface area (Å²) in [5, 5.41) is 0. The Kier molecular flexibility index (Phi) is 2.82. The highest BCUT2D eigenvalue weighted by Crippen LogP contribution is 2.37. The number of rotatable bonds is 1. The van der Waals surface area contributed by atoms with Gasteiger partial charge in [0.05, 0.1) is 0 Å². The largest absolute Gasteiger partial charge is 0.0683 e. The summed E-state index contributed by atoms with van der Waals surface area (Å²) in [5.74, 6) is 0. The first-order valence-corrected chi connectivity index (χ1v) is 6.93. The fraction of sp³-hybridized carbons (Fsp3) is 0.263. The Labute approximate surface area is 115 Å². The van der Waals surface area contributed by atoms with Crippen molar-refractivity contribution in [1.29, 1.82) is 0 Å². The molecule has 19 heavy (non-hydrogen) atoms. The van der Waals surface area contributed by atoms with E-state index < -0.39 is 0 Å². The first-order valence-electron chi connectivity index (χ1n) is 6.93. The Balaban J connectivity index is 2.29. The van der Waals surface area contributed by atoms with E-state index in [0.29, 0.717) is 0 Å². The molecular weight excluding hydrogens is 228 g/mol. The van der Waals surface area contributed by atoms with Crippen LogP contribution in [0.2, 0.25) is 0 Å². The lowest BCUT2D eigenvalue weighted by Crippen LogP contribution is -1.93. The summed E-state index contributed by atoms with van der Waals surface area (Å²) in [7, 11) is 0. The molecule has 0 bridgehead atoms. The Morgan fingerprint density at radius 3 is 2.37 bits per heavy atom. The van der Waals surface area contributed by atoms with Crippen molar-refractivity contribution in [2.75, 3.05) is 0 Å². The highest BCUT2D eigenvalue weighted by atomic mass is 14.2. The standard InChI is InChI=1S/C19H20/c1-12-5-8-17(15(4)9-12)19-14(3)6-7-16-10-13(2)11-18(16)19/h5-9,11H,10H2,1-4H3. The lowest BCUT2D eigenvalue weighted by atomic mass is 9.90. The smallest absolute Gasteiger partial charge is 0.00604 e. The normalized spacial score (nSPS) is 13.4. The van der Waals surface area contributed by atoms with Crippen molar-refractivity contribution < 1.29 is 0 Å².